The monoisotopic (exact) mass is 223 g/mol. The second kappa shape index (κ2) is 4.13. The third-order valence-electron chi connectivity index (χ3n) is 2.80. The highest BCUT2D eigenvalue weighted by atomic mass is 16.5. The number of H-pyrrole nitrogens is 1. The number of anilines is 1. The van der Waals surface area contributed by atoms with E-state index in [9.17, 15) is 0 Å². The lowest BCUT2D eigenvalue weighted by molar-refractivity contribution is 0.181. The molecule has 0 bridgehead atoms. The minimum absolute atomic E-state index is 0.302. The van der Waals surface area contributed by atoms with Crippen LogP contribution in [0.3, 0.4) is 0 Å². The summed E-state index contributed by atoms with van der Waals surface area (Å²) in [6.45, 7) is 4.67. The van der Waals surface area contributed by atoms with Gasteiger partial charge < -0.3 is 10.5 Å². The number of nitrogens with zero attached hydrogens (tertiary/aromatic N) is 3. The minimum atomic E-state index is 0.302. The van der Waals surface area contributed by atoms with E-state index < -0.39 is 0 Å². The Kier molecular flexibility index (Phi) is 2.82. The zero-order valence-corrected chi connectivity index (χ0v) is 9.82. The van der Waals surface area contributed by atoms with E-state index in [4.69, 9.17) is 10.5 Å². The Bertz CT molecular complexity index is 487. The van der Waals surface area contributed by atoms with Crippen molar-refractivity contribution in [3.05, 3.63) is 5.69 Å². The number of aromatic nitrogens is 4. The van der Waals surface area contributed by atoms with Gasteiger partial charge in [-0.2, -0.15) is 10.2 Å². The van der Waals surface area contributed by atoms with Crippen molar-refractivity contribution >= 4 is 16.9 Å². The summed E-state index contributed by atoms with van der Waals surface area (Å²) in [5.74, 6) is 0.552. The van der Waals surface area contributed by atoms with Crippen LogP contribution in [0.25, 0.3) is 11.0 Å². The molecule has 3 N–H and O–H groups in total. The highest BCUT2D eigenvalue weighted by molar-refractivity contribution is 5.88. The van der Waals surface area contributed by atoms with E-state index >= 15 is 0 Å². The van der Waals surface area contributed by atoms with Crippen LogP contribution in [0, 0.1) is 0 Å². The Hall–Kier alpha value is -1.56. The van der Waals surface area contributed by atoms with Gasteiger partial charge in [-0.05, 0) is 13.3 Å². The van der Waals surface area contributed by atoms with E-state index in [2.05, 4.69) is 29.1 Å². The second-order valence-corrected chi connectivity index (χ2v) is 3.92. The standard InChI is InChI=1S/C10H17N5O/c1-4-6(2)15-10-8(9(11)12-13-10)7(14-15)5-16-3/h6H,4-5H2,1-3H3,(H3,11,12,13). The van der Waals surface area contributed by atoms with Gasteiger partial charge in [0, 0.05) is 7.11 Å². The van der Waals surface area contributed by atoms with Crippen molar-refractivity contribution in [1.29, 1.82) is 0 Å². The van der Waals surface area contributed by atoms with Gasteiger partial charge in [-0.15, -0.1) is 0 Å². The number of hydrogen-bond donors (Lipinski definition) is 2. The molecule has 0 saturated heterocycles. The first-order valence-electron chi connectivity index (χ1n) is 5.38. The minimum Gasteiger partial charge on any atom is -0.383 e. The summed E-state index contributed by atoms with van der Waals surface area (Å²) >= 11 is 0. The lowest BCUT2D eigenvalue weighted by Crippen LogP contribution is -2.07. The highest BCUT2D eigenvalue weighted by Gasteiger charge is 2.18. The molecular weight excluding hydrogens is 206 g/mol. The molecule has 2 heterocycles. The molecule has 0 saturated carbocycles. The fourth-order valence-corrected chi connectivity index (χ4v) is 1.74. The molecule has 0 fully saturated rings. The Morgan fingerprint density at radius 1 is 1.56 bits per heavy atom. The van der Waals surface area contributed by atoms with Crippen LogP contribution < -0.4 is 5.73 Å². The molecule has 1 unspecified atom stereocenters. The molecule has 6 heteroatoms. The lowest BCUT2D eigenvalue weighted by Gasteiger charge is -2.08. The average Bonchev–Trinajstić information content (AvgIpc) is 2.81. The summed E-state index contributed by atoms with van der Waals surface area (Å²) in [6.07, 6.45) is 0.996. The molecule has 88 valence electrons. The molecule has 0 aliphatic heterocycles. The van der Waals surface area contributed by atoms with Crippen molar-refractivity contribution in [2.75, 3.05) is 12.8 Å². The van der Waals surface area contributed by atoms with Crippen LogP contribution in [0.15, 0.2) is 0 Å². The van der Waals surface area contributed by atoms with Gasteiger partial charge in [-0.1, -0.05) is 6.92 Å². The van der Waals surface area contributed by atoms with E-state index in [0.29, 0.717) is 18.5 Å². The third-order valence-corrected chi connectivity index (χ3v) is 2.80. The Morgan fingerprint density at radius 3 is 2.94 bits per heavy atom. The number of fused-ring (bicyclic) bond motifs is 1. The van der Waals surface area contributed by atoms with Gasteiger partial charge >= 0.3 is 0 Å². The first-order chi connectivity index (χ1) is 7.69. The van der Waals surface area contributed by atoms with Gasteiger partial charge in [0.05, 0.1) is 18.0 Å². The predicted molar refractivity (Wildman–Crippen MR) is 62.0 cm³/mol. The number of ether oxygens (including phenoxy) is 1. The van der Waals surface area contributed by atoms with Crippen molar-refractivity contribution in [2.24, 2.45) is 0 Å². The summed E-state index contributed by atoms with van der Waals surface area (Å²) in [5, 5.41) is 12.3. The van der Waals surface area contributed by atoms with Gasteiger partial charge in [-0.3, -0.25) is 5.10 Å². The highest BCUT2D eigenvalue weighted by Crippen LogP contribution is 2.25. The number of rotatable bonds is 4. The van der Waals surface area contributed by atoms with Crippen molar-refractivity contribution in [1.82, 2.24) is 20.0 Å². The van der Waals surface area contributed by atoms with Crippen LogP contribution in [0.2, 0.25) is 0 Å². The zero-order valence-electron chi connectivity index (χ0n) is 9.82. The smallest absolute Gasteiger partial charge is 0.182 e. The summed E-state index contributed by atoms with van der Waals surface area (Å²) < 4.78 is 7.01. The third kappa shape index (κ3) is 1.55. The average molecular weight is 223 g/mol. The molecule has 2 rings (SSSR count). The van der Waals surface area contributed by atoms with Crippen molar-refractivity contribution in [3.63, 3.8) is 0 Å². The van der Waals surface area contributed by atoms with E-state index in [-0.39, 0.29) is 0 Å². The molecule has 2 aromatic heterocycles. The van der Waals surface area contributed by atoms with Gasteiger partial charge in [0.1, 0.15) is 11.5 Å². The van der Waals surface area contributed by atoms with Crippen molar-refractivity contribution in [3.8, 4) is 0 Å². The van der Waals surface area contributed by atoms with Gasteiger partial charge in [0.15, 0.2) is 5.65 Å². The maximum absolute atomic E-state index is 5.84. The number of aromatic amines is 1. The number of nitrogen functional groups attached to an aromatic ring is 1. The molecule has 0 amide bonds. The van der Waals surface area contributed by atoms with Crippen LogP contribution >= 0.6 is 0 Å². The Balaban J connectivity index is 2.58. The number of hydrogen-bond acceptors (Lipinski definition) is 4. The van der Waals surface area contributed by atoms with Crippen molar-refractivity contribution in [2.45, 2.75) is 32.9 Å². The van der Waals surface area contributed by atoms with E-state index in [1.807, 2.05) is 4.68 Å². The van der Waals surface area contributed by atoms with Crippen LogP contribution in [0.1, 0.15) is 32.0 Å². The molecule has 2 aromatic rings. The van der Waals surface area contributed by atoms with Gasteiger partial charge in [0.2, 0.25) is 0 Å². The first-order valence-corrected chi connectivity index (χ1v) is 5.38. The molecule has 6 nitrogen and oxygen atoms in total. The van der Waals surface area contributed by atoms with Crippen LogP contribution in [0.4, 0.5) is 5.82 Å². The molecule has 1 atom stereocenters. The summed E-state index contributed by atoms with van der Waals surface area (Å²) in [5.41, 5.74) is 7.48. The molecular formula is C10H17N5O. The second-order valence-electron chi connectivity index (χ2n) is 3.92. The van der Waals surface area contributed by atoms with Gasteiger partial charge in [-0.25, -0.2) is 4.68 Å². The molecule has 0 aliphatic rings. The van der Waals surface area contributed by atoms with Gasteiger partial charge in [0.25, 0.3) is 0 Å². The SMILES string of the molecule is CCC(C)n1nc(COC)c2c(N)[nH]nc21. The van der Waals surface area contributed by atoms with Crippen LogP contribution in [-0.2, 0) is 11.3 Å². The molecule has 0 radical (unpaired) electrons. The maximum atomic E-state index is 5.84. The van der Waals surface area contributed by atoms with E-state index in [1.54, 1.807) is 7.11 Å². The zero-order chi connectivity index (χ0) is 11.7. The fraction of sp³-hybridized carbons (Fsp3) is 0.600. The summed E-state index contributed by atoms with van der Waals surface area (Å²) in [6, 6.07) is 0.302. The molecule has 16 heavy (non-hydrogen) atoms. The topological polar surface area (TPSA) is 81.8 Å². The Morgan fingerprint density at radius 2 is 2.31 bits per heavy atom. The van der Waals surface area contributed by atoms with Crippen molar-refractivity contribution < 1.29 is 4.74 Å². The lowest BCUT2D eigenvalue weighted by atomic mass is 10.2. The normalized spacial score (nSPS) is 13.4. The number of nitrogens with two attached hydrogens (primary N) is 1. The largest absolute Gasteiger partial charge is 0.383 e. The molecule has 0 aliphatic carbocycles. The predicted octanol–water partition coefficient (Wildman–Crippen LogP) is 1.46. The van der Waals surface area contributed by atoms with Crippen LogP contribution in [-0.4, -0.2) is 27.1 Å². The number of methoxy groups -OCH3 is 1. The van der Waals surface area contributed by atoms with E-state index in [0.717, 1.165) is 23.1 Å². The maximum Gasteiger partial charge on any atom is 0.182 e. The fourth-order valence-electron chi connectivity index (χ4n) is 1.74. The van der Waals surface area contributed by atoms with Crippen LogP contribution in [0.5, 0.6) is 0 Å². The summed E-state index contributed by atoms with van der Waals surface area (Å²) in [4.78, 5) is 0. The van der Waals surface area contributed by atoms with E-state index in [1.165, 1.54) is 0 Å². The first kappa shape index (κ1) is 10.9. The molecule has 0 spiro atoms. The quantitative estimate of drug-likeness (QED) is 0.822. The number of nitrogens with one attached hydrogen (secondary N) is 1. The molecule has 0 aromatic carbocycles. The summed E-state index contributed by atoms with van der Waals surface area (Å²) in [7, 11) is 1.64. The Labute approximate surface area is 93.8 Å².